The first-order valence-electron chi connectivity index (χ1n) is 14.0. The largest absolute Gasteiger partial charge is 0.461 e. The fourth-order valence-corrected chi connectivity index (χ4v) is 6.37. The summed E-state index contributed by atoms with van der Waals surface area (Å²) in [5.74, 6) is -0.352. The number of nitrogens with zero attached hydrogens (tertiary/aromatic N) is 6. The van der Waals surface area contributed by atoms with Gasteiger partial charge < -0.3 is 10.5 Å². The van der Waals surface area contributed by atoms with E-state index < -0.39 is 11.9 Å². The Balaban J connectivity index is 1.35. The molecular weight excluding hydrogens is 553 g/mol. The van der Waals surface area contributed by atoms with Crippen LogP contribution in [0.3, 0.4) is 0 Å². The number of pyridine rings is 1. The molecule has 0 radical (unpaired) electrons. The third-order valence-electron chi connectivity index (χ3n) is 7.89. The van der Waals surface area contributed by atoms with Gasteiger partial charge in [-0.3, -0.25) is 9.48 Å². The zero-order valence-corrected chi connectivity index (χ0v) is 24.6. The SMILES string of the molecule is Cc1c(-c2cc(Sc3ccc(F)cc3C#N)c3c(C#N)cnn3c2)cnn1CC1CCC(OC(=O)[C@H](N)C(C)C)CC1. The summed E-state index contributed by atoms with van der Waals surface area (Å²) in [4.78, 5) is 13.6. The Morgan fingerprint density at radius 3 is 2.55 bits per heavy atom. The second-order valence-corrected chi connectivity index (χ2v) is 12.2. The molecule has 11 heteroatoms. The minimum atomic E-state index is -0.594. The highest BCUT2D eigenvalue weighted by Crippen LogP contribution is 2.38. The minimum absolute atomic E-state index is 0.0424. The van der Waals surface area contributed by atoms with Gasteiger partial charge in [-0.2, -0.15) is 20.7 Å². The molecule has 4 aromatic rings. The minimum Gasteiger partial charge on any atom is -0.461 e. The molecule has 1 aliphatic carbocycles. The molecule has 1 atom stereocenters. The van der Waals surface area contributed by atoms with E-state index >= 15 is 0 Å². The van der Waals surface area contributed by atoms with Crippen LogP contribution in [0.2, 0.25) is 0 Å². The van der Waals surface area contributed by atoms with Crippen LogP contribution in [0.5, 0.6) is 0 Å². The lowest BCUT2D eigenvalue weighted by Gasteiger charge is -2.29. The lowest BCUT2D eigenvalue weighted by Crippen LogP contribution is -2.39. The van der Waals surface area contributed by atoms with Crippen molar-refractivity contribution in [3.8, 4) is 23.3 Å². The van der Waals surface area contributed by atoms with Gasteiger partial charge in [0.25, 0.3) is 0 Å². The third-order valence-corrected chi connectivity index (χ3v) is 9.00. The van der Waals surface area contributed by atoms with Gasteiger partial charge in [-0.05, 0) is 68.7 Å². The van der Waals surface area contributed by atoms with Crippen LogP contribution >= 0.6 is 11.8 Å². The lowest BCUT2D eigenvalue weighted by molar-refractivity contribution is -0.153. The fourth-order valence-electron chi connectivity index (χ4n) is 5.29. The summed E-state index contributed by atoms with van der Waals surface area (Å²) in [6.07, 6.45) is 8.59. The van der Waals surface area contributed by atoms with Crippen molar-refractivity contribution in [2.75, 3.05) is 0 Å². The number of hydrogen-bond acceptors (Lipinski definition) is 8. The number of ether oxygens (including phenoxy) is 1. The van der Waals surface area contributed by atoms with Gasteiger partial charge in [0.15, 0.2) is 0 Å². The Morgan fingerprint density at radius 1 is 1.12 bits per heavy atom. The summed E-state index contributed by atoms with van der Waals surface area (Å²) in [5, 5.41) is 28.3. The van der Waals surface area contributed by atoms with Gasteiger partial charge in [-0.25, -0.2) is 8.91 Å². The first-order valence-corrected chi connectivity index (χ1v) is 14.8. The van der Waals surface area contributed by atoms with Crippen molar-refractivity contribution in [3.63, 3.8) is 0 Å². The van der Waals surface area contributed by atoms with Gasteiger partial charge >= 0.3 is 5.97 Å². The molecule has 0 aliphatic heterocycles. The van der Waals surface area contributed by atoms with E-state index in [2.05, 4.69) is 22.3 Å². The predicted octanol–water partition coefficient (Wildman–Crippen LogP) is 5.63. The van der Waals surface area contributed by atoms with Crippen LogP contribution in [0.25, 0.3) is 16.6 Å². The predicted molar refractivity (Wildman–Crippen MR) is 156 cm³/mol. The van der Waals surface area contributed by atoms with Gasteiger partial charge in [0.1, 0.15) is 30.1 Å². The summed E-state index contributed by atoms with van der Waals surface area (Å²) >= 11 is 1.30. The summed E-state index contributed by atoms with van der Waals surface area (Å²) in [5.41, 5.74) is 9.98. The molecule has 5 rings (SSSR count). The maximum Gasteiger partial charge on any atom is 0.323 e. The highest BCUT2D eigenvalue weighted by Gasteiger charge is 2.28. The van der Waals surface area contributed by atoms with E-state index in [0.717, 1.165) is 53.9 Å². The molecule has 0 spiro atoms. The Morgan fingerprint density at radius 2 is 1.86 bits per heavy atom. The first kappa shape index (κ1) is 29.3. The second kappa shape index (κ2) is 12.4. The van der Waals surface area contributed by atoms with Crippen LogP contribution in [0.1, 0.15) is 56.4 Å². The van der Waals surface area contributed by atoms with E-state index in [9.17, 15) is 19.7 Å². The standard InChI is InChI=1S/C31H32FN7O2S/c1-18(2)29(35)31(40)41-25-7-4-20(5-8-25)16-38-19(3)26(15-37-38)22-11-28(30-23(13-34)14-36-39(30)17-22)42-27-9-6-24(32)10-21(27)12-33/h6,9-11,14-15,17-18,20,25,29H,4-5,7-8,16,35H2,1-3H3/t20?,25?,29-/m1/s1. The summed E-state index contributed by atoms with van der Waals surface area (Å²) < 4.78 is 23.1. The molecule has 2 N–H and O–H groups in total. The van der Waals surface area contributed by atoms with Gasteiger partial charge in [0.2, 0.25) is 0 Å². The normalized spacial score (nSPS) is 17.6. The Labute approximate surface area is 248 Å². The van der Waals surface area contributed by atoms with Crippen LogP contribution < -0.4 is 5.73 Å². The average molecular weight is 586 g/mol. The molecule has 1 aromatic carbocycles. The molecule has 1 aliphatic rings. The van der Waals surface area contributed by atoms with Crippen LogP contribution in [0, 0.1) is 47.2 Å². The topological polar surface area (TPSA) is 135 Å². The Kier molecular flexibility index (Phi) is 8.62. The molecule has 1 fully saturated rings. The molecular formula is C31H32FN7O2S. The van der Waals surface area contributed by atoms with Crippen molar-refractivity contribution >= 4 is 23.2 Å². The van der Waals surface area contributed by atoms with E-state index in [1.807, 2.05) is 43.9 Å². The van der Waals surface area contributed by atoms with E-state index in [-0.39, 0.29) is 23.6 Å². The van der Waals surface area contributed by atoms with E-state index in [1.165, 1.54) is 30.1 Å². The molecule has 1 saturated carbocycles. The molecule has 216 valence electrons. The highest BCUT2D eigenvalue weighted by atomic mass is 32.2. The van der Waals surface area contributed by atoms with Crippen LogP contribution in [0.15, 0.2) is 52.6 Å². The zero-order chi connectivity index (χ0) is 30.0. The number of fused-ring (bicyclic) bond motifs is 1. The maximum atomic E-state index is 13.8. The number of benzene rings is 1. The molecule has 0 bridgehead atoms. The van der Waals surface area contributed by atoms with E-state index in [1.54, 1.807) is 10.6 Å². The molecule has 42 heavy (non-hydrogen) atoms. The number of hydrogen-bond donors (Lipinski definition) is 1. The monoisotopic (exact) mass is 585 g/mol. The van der Waals surface area contributed by atoms with Crippen molar-refractivity contribution in [2.24, 2.45) is 17.6 Å². The molecule has 0 unspecified atom stereocenters. The van der Waals surface area contributed by atoms with Crippen molar-refractivity contribution in [2.45, 2.75) is 74.9 Å². The van der Waals surface area contributed by atoms with Gasteiger partial charge in [-0.1, -0.05) is 25.6 Å². The van der Waals surface area contributed by atoms with Crippen molar-refractivity contribution < 1.29 is 13.9 Å². The van der Waals surface area contributed by atoms with Crippen molar-refractivity contribution in [1.29, 1.82) is 10.5 Å². The van der Waals surface area contributed by atoms with Crippen molar-refractivity contribution in [1.82, 2.24) is 19.4 Å². The number of esters is 1. The van der Waals surface area contributed by atoms with Gasteiger partial charge in [-0.15, -0.1) is 0 Å². The van der Waals surface area contributed by atoms with E-state index in [0.29, 0.717) is 21.9 Å². The lowest BCUT2D eigenvalue weighted by atomic mass is 9.87. The average Bonchev–Trinajstić information content (AvgIpc) is 3.57. The van der Waals surface area contributed by atoms with E-state index in [4.69, 9.17) is 10.5 Å². The summed E-state index contributed by atoms with van der Waals surface area (Å²) in [7, 11) is 0. The molecule has 3 aromatic heterocycles. The number of carbonyl (C=O) groups excluding carboxylic acids is 1. The number of carbonyl (C=O) groups is 1. The molecule has 0 amide bonds. The third kappa shape index (κ3) is 6.03. The van der Waals surface area contributed by atoms with Crippen molar-refractivity contribution in [3.05, 3.63) is 65.5 Å². The molecule has 0 saturated heterocycles. The molecule has 3 heterocycles. The number of nitrogens with two attached hydrogens (primary N) is 1. The quantitative estimate of drug-likeness (QED) is 0.263. The highest BCUT2D eigenvalue weighted by molar-refractivity contribution is 7.99. The summed E-state index contributed by atoms with van der Waals surface area (Å²) in [6.45, 7) is 6.60. The first-order chi connectivity index (χ1) is 20.2. The Bertz CT molecular complexity index is 1710. The van der Waals surface area contributed by atoms with Crippen LogP contribution in [-0.2, 0) is 16.1 Å². The number of rotatable bonds is 8. The number of halogens is 1. The number of aromatic nitrogens is 4. The second-order valence-electron chi connectivity index (χ2n) is 11.1. The van der Waals surface area contributed by atoms with Crippen LogP contribution in [-0.4, -0.2) is 37.5 Å². The van der Waals surface area contributed by atoms with Gasteiger partial charge in [0.05, 0.1) is 29.0 Å². The smallest absolute Gasteiger partial charge is 0.323 e. The zero-order valence-electron chi connectivity index (χ0n) is 23.7. The van der Waals surface area contributed by atoms with Crippen LogP contribution in [0.4, 0.5) is 4.39 Å². The summed E-state index contributed by atoms with van der Waals surface area (Å²) in [6, 6.07) is 9.70. The maximum absolute atomic E-state index is 13.8. The Hall–Kier alpha value is -4.19. The number of nitriles is 2. The molecule has 9 nitrogen and oxygen atoms in total. The van der Waals surface area contributed by atoms with Gasteiger partial charge in [0, 0.05) is 39.4 Å². The fraction of sp³-hybridized carbons (Fsp3) is 0.387.